The van der Waals surface area contributed by atoms with Crippen LogP contribution in [0.15, 0.2) is 24.3 Å². The van der Waals surface area contributed by atoms with Gasteiger partial charge in [-0.15, -0.1) is 0 Å². The summed E-state index contributed by atoms with van der Waals surface area (Å²) in [6.07, 6.45) is 0. The third-order valence-corrected chi connectivity index (χ3v) is 2.63. The van der Waals surface area contributed by atoms with Crippen LogP contribution in [-0.4, -0.2) is 30.9 Å². The van der Waals surface area contributed by atoms with Gasteiger partial charge in [-0.25, -0.2) is 0 Å². The average Bonchev–Trinajstić information content (AvgIpc) is 2.28. The maximum Gasteiger partial charge on any atom is 0.253 e. The van der Waals surface area contributed by atoms with Gasteiger partial charge in [0.25, 0.3) is 5.91 Å². The van der Waals surface area contributed by atoms with E-state index < -0.39 is 0 Å². The molecule has 0 aliphatic carbocycles. The first-order chi connectivity index (χ1) is 7.54. The summed E-state index contributed by atoms with van der Waals surface area (Å²) in [5.41, 5.74) is 7.44. The maximum absolute atomic E-state index is 12.0. The minimum Gasteiger partial charge on any atom is -0.341 e. The smallest absolute Gasteiger partial charge is 0.253 e. The highest BCUT2D eigenvalue weighted by molar-refractivity contribution is 5.94. The zero-order valence-corrected chi connectivity index (χ0v) is 10.2. The Morgan fingerprint density at radius 1 is 1.38 bits per heavy atom. The molecule has 0 aromatic heterocycles. The summed E-state index contributed by atoms with van der Waals surface area (Å²) in [6, 6.07) is 7.63. The Hall–Kier alpha value is -1.35. The molecule has 1 unspecified atom stereocenters. The first kappa shape index (κ1) is 12.7. The molecule has 0 saturated heterocycles. The fourth-order valence-electron chi connectivity index (χ4n) is 1.54. The zero-order chi connectivity index (χ0) is 12.1. The van der Waals surface area contributed by atoms with E-state index in [1.807, 2.05) is 45.2 Å². The molecule has 0 aliphatic rings. The number of benzene rings is 1. The molecular weight excluding hydrogens is 200 g/mol. The standard InChI is InChI=1S/C13H20N2O/c1-10-4-6-12(7-5-10)13(16)15(3)9-11(2)8-14/h4-7,11H,8-9,14H2,1-3H3. The van der Waals surface area contributed by atoms with E-state index in [0.717, 1.165) is 11.1 Å². The van der Waals surface area contributed by atoms with Crippen LogP contribution in [0.5, 0.6) is 0 Å². The van der Waals surface area contributed by atoms with Gasteiger partial charge in [0.1, 0.15) is 0 Å². The fourth-order valence-corrected chi connectivity index (χ4v) is 1.54. The quantitative estimate of drug-likeness (QED) is 0.839. The summed E-state index contributed by atoms with van der Waals surface area (Å²) < 4.78 is 0. The lowest BCUT2D eigenvalue weighted by Crippen LogP contribution is -2.33. The Balaban J connectivity index is 2.67. The number of amides is 1. The molecular formula is C13H20N2O. The van der Waals surface area contributed by atoms with E-state index in [4.69, 9.17) is 5.73 Å². The second-order valence-corrected chi connectivity index (χ2v) is 4.39. The maximum atomic E-state index is 12.0. The molecule has 0 heterocycles. The predicted octanol–water partition coefficient (Wildman–Crippen LogP) is 1.66. The Morgan fingerprint density at radius 3 is 2.44 bits per heavy atom. The number of hydrogen-bond donors (Lipinski definition) is 1. The fraction of sp³-hybridized carbons (Fsp3) is 0.462. The van der Waals surface area contributed by atoms with Crippen LogP contribution in [0.1, 0.15) is 22.8 Å². The first-order valence-corrected chi connectivity index (χ1v) is 5.56. The van der Waals surface area contributed by atoms with Gasteiger partial charge >= 0.3 is 0 Å². The lowest BCUT2D eigenvalue weighted by molar-refractivity contribution is 0.0777. The SMILES string of the molecule is Cc1ccc(C(=O)N(C)CC(C)CN)cc1. The molecule has 0 saturated carbocycles. The van der Waals surface area contributed by atoms with Gasteiger partial charge in [-0.05, 0) is 31.5 Å². The van der Waals surface area contributed by atoms with Gasteiger partial charge in [0.05, 0.1) is 0 Å². The van der Waals surface area contributed by atoms with Crippen LogP contribution in [0.4, 0.5) is 0 Å². The zero-order valence-electron chi connectivity index (χ0n) is 10.2. The van der Waals surface area contributed by atoms with E-state index in [2.05, 4.69) is 0 Å². The molecule has 88 valence electrons. The Morgan fingerprint density at radius 2 is 1.94 bits per heavy atom. The Kier molecular flexibility index (Phi) is 4.50. The van der Waals surface area contributed by atoms with Crippen LogP contribution >= 0.6 is 0 Å². The predicted molar refractivity (Wildman–Crippen MR) is 66.4 cm³/mol. The monoisotopic (exact) mass is 220 g/mol. The van der Waals surface area contributed by atoms with Crippen LogP contribution in [0.25, 0.3) is 0 Å². The molecule has 2 N–H and O–H groups in total. The van der Waals surface area contributed by atoms with Gasteiger partial charge in [-0.2, -0.15) is 0 Å². The van der Waals surface area contributed by atoms with Crippen molar-refractivity contribution in [2.75, 3.05) is 20.1 Å². The molecule has 1 rings (SSSR count). The lowest BCUT2D eigenvalue weighted by atomic mass is 10.1. The van der Waals surface area contributed by atoms with Gasteiger partial charge in [0.2, 0.25) is 0 Å². The van der Waals surface area contributed by atoms with E-state index in [0.29, 0.717) is 19.0 Å². The van der Waals surface area contributed by atoms with Crippen LogP contribution < -0.4 is 5.73 Å². The Labute approximate surface area is 97.2 Å². The van der Waals surface area contributed by atoms with Crippen molar-refractivity contribution >= 4 is 5.91 Å². The van der Waals surface area contributed by atoms with Gasteiger partial charge < -0.3 is 10.6 Å². The number of rotatable bonds is 4. The van der Waals surface area contributed by atoms with Gasteiger partial charge in [0.15, 0.2) is 0 Å². The normalized spacial score (nSPS) is 12.2. The number of nitrogens with two attached hydrogens (primary N) is 1. The topological polar surface area (TPSA) is 46.3 Å². The molecule has 1 atom stereocenters. The molecule has 0 aliphatic heterocycles. The third-order valence-electron chi connectivity index (χ3n) is 2.63. The van der Waals surface area contributed by atoms with Crippen molar-refractivity contribution < 1.29 is 4.79 Å². The largest absolute Gasteiger partial charge is 0.341 e. The van der Waals surface area contributed by atoms with Gasteiger partial charge in [-0.3, -0.25) is 4.79 Å². The van der Waals surface area contributed by atoms with Crippen LogP contribution in [0.3, 0.4) is 0 Å². The van der Waals surface area contributed by atoms with E-state index >= 15 is 0 Å². The number of nitrogens with zero attached hydrogens (tertiary/aromatic N) is 1. The summed E-state index contributed by atoms with van der Waals surface area (Å²) >= 11 is 0. The molecule has 3 nitrogen and oxygen atoms in total. The number of hydrogen-bond acceptors (Lipinski definition) is 2. The summed E-state index contributed by atoms with van der Waals surface area (Å²) in [7, 11) is 1.81. The summed E-state index contributed by atoms with van der Waals surface area (Å²) in [4.78, 5) is 13.7. The van der Waals surface area contributed by atoms with Crippen LogP contribution in [0.2, 0.25) is 0 Å². The van der Waals surface area contributed by atoms with E-state index in [-0.39, 0.29) is 5.91 Å². The summed E-state index contributed by atoms with van der Waals surface area (Å²) in [5, 5.41) is 0. The molecule has 1 amide bonds. The molecule has 1 aromatic carbocycles. The van der Waals surface area contributed by atoms with Crippen molar-refractivity contribution in [2.45, 2.75) is 13.8 Å². The molecule has 16 heavy (non-hydrogen) atoms. The molecule has 0 radical (unpaired) electrons. The highest BCUT2D eigenvalue weighted by Crippen LogP contribution is 2.07. The van der Waals surface area contributed by atoms with Gasteiger partial charge in [-0.1, -0.05) is 24.6 Å². The number of carbonyl (C=O) groups is 1. The molecule has 3 heteroatoms. The molecule has 1 aromatic rings. The van der Waals surface area contributed by atoms with Crippen molar-refractivity contribution in [3.63, 3.8) is 0 Å². The van der Waals surface area contributed by atoms with Crippen molar-refractivity contribution in [3.05, 3.63) is 35.4 Å². The average molecular weight is 220 g/mol. The van der Waals surface area contributed by atoms with Crippen molar-refractivity contribution in [2.24, 2.45) is 11.7 Å². The van der Waals surface area contributed by atoms with Crippen LogP contribution in [-0.2, 0) is 0 Å². The molecule has 0 spiro atoms. The minimum atomic E-state index is 0.0558. The highest BCUT2D eigenvalue weighted by atomic mass is 16.2. The van der Waals surface area contributed by atoms with E-state index in [9.17, 15) is 4.79 Å². The Bertz CT molecular complexity index is 345. The summed E-state index contributed by atoms with van der Waals surface area (Å²) in [5.74, 6) is 0.389. The number of aryl methyl sites for hydroxylation is 1. The summed E-state index contributed by atoms with van der Waals surface area (Å²) in [6.45, 7) is 5.35. The van der Waals surface area contributed by atoms with Crippen LogP contribution in [0, 0.1) is 12.8 Å². The second kappa shape index (κ2) is 5.66. The van der Waals surface area contributed by atoms with E-state index in [1.165, 1.54) is 0 Å². The van der Waals surface area contributed by atoms with Crippen molar-refractivity contribution in [1.29, 1.82) is 0 Å². The van der Waals surface area contributed by atoms with E-state index in [1.54, 1.807) is 4.90 Å². The second-order valence-electron chi connectivity index (χ2n) is 4.39. The van der Waals surface area contributed by atoms with Crippen molar-refractivity contribution in [1.82, 2.24) is 4.90 Å². The molecule has 0 fully saturated rings. The minimum absolute atomic E-state index is 0.0558. The first-order valence-electron chi connectivity index (χ1n) is 5.56. The van der Waals surface area contributed by atoms with Crippen molar-refractivity contribution in [3.8, 4) is 0 Å². The highest BCUT2D eigenvalue weighted by Gasteiger charge is 2.13. The third kappa shape index (κ3) is 3.35. The molecule has 0 bridgehead atoms. The number of carbonyl (C=O) groups excluding carboxylic acids is 1. The lowest BCUT2D eigenvalue weighted by Gasteiger charge is -2.20. The van der Waals surface area contributed by atoms with Gasteiger partial charge in [0, 0.05) is 19.2 Å².